The number of hydrogen-bond donors (Lipinski definition) is 0. The van der Waals surface area contributed by atoms with Crippen LogP contribution in [0.2, 0.25) is 0 Å². The standard InChI is InChI=1S/C18H15N5O5/c1-27-17-9-12(15(23(25)26)10-18(17)28-2)6-7-16(24)13-4-3-5-14(8-13)22-11-19-20-21-22/h3-11H,1-2H3/b7-6+. The van der Waals surface area contributed by atoms with Crippen LogP contribution in [0.25, 0.3) is 11.8 Å². The van der Waals surface area contributed by atoms with E-state index in [2.05, 4.69) is 15.5 Å². The summed E-state index contributed by atoms with van der Waals surface area (Å²) in [5.41, 5.74) is 1.01. The predicted octanol–water partition coefficient (Wildman–Crippen LogP) is 2.48. The number of tetrazole rings is 1. The highest BCUT2D eigenvalue weighted by atomic mass is 16.6. The zero-order valence-electron chi connectivity index (χ0n) is 15.0. The number of nitro benzene ring substituents is 1. The topological polar surface area (TPSA) is 122 Å². The summed E-state index contributed by atoms with van der Waals surface area (Å²) in [6, 6.07) is 9.38. The summed E-state index contributed by atoms with van der Waals surface area (Å²) in [7, 11) is 2.81. The monoisotopic (exact) mass is 381 g/mol. The summed E-state index contributed by atoms with van der Waals surface area (Å²) in [4.78, 5) is 23.3. The number of nitrogens with zero attached hydrogens (tertiary/aromatic N) is 5. The zero-order valence-corrected chi connectivity index (χ0v) is 15.0. The lowest BCUT2D eigenvalue weighted by Gasteiger charge is -2.08. The van der Waals surface area contributed by atoms with E-state index in [0.29, 0.717) is 17.0 Å². The fraction of sp³-hybridized carbons (Fsp3) is 0.111. The Morgan fingerprint density at radius 1 is 1.18 bits per heavy atom. The highest BCUT2D eigenvalue weighted by molar-refractivity contribution is 6.07. The molecule has 1 aromatic heterocycles. The van der Waals surface area contributed by atoms with Gasteiger partial charge in [-0.2, -0.15) is 0 Å². The third kappa shape index (κ3) is 3.85. The molecule has 28 heavy (non-hydrogen) atoms. The summed E-state index contributed by atoms with van der Waals surface area (Å²) in [6.45, 7) is 0. The molecule has 0 atom stereocenters. The number of benzene rings is 2. The van der Waals surface area contributed by atoms with E-state index in [1.165, 1.54) is 49.5 Å². The number of methoxy groups -OCH3 is 2. The fourth-order valence-corrected chi connectivity index (χ4v) is 2.52. The molecule has 0 N–H and O–H groups in total. The smallest absolute Gasteiger partial charge is 0.280 e. The van der Waals surface area contributed by atoms with Gasteiger partial charge in [0.2, 0.25) is 0 Å². The van der Waals surface area contributed by atoms with Crippen molar-refractivity contribution in [3.05, 3.63) is 70.0 Å². The quantitative estimate of drug-likeness (QED) is 0.265. The number of ketones is 1. The fourth-order valence-electron chi connectivity index (χ4n) is 2.52. The van der Waals surface area contributed by atoms with E-state index < -0.39 is 4.92 Å². The van der Waals surface area contributed by atoms with Crippen LogP contribution in [0.15, 0.2) is 48.8 Å². The van der Waals surface area contributed by atoms with Crippen LogP contribution in [-0.2, 0) is 0 Å². The second kappa shape index (κ2) is 8.08. The van der Waals surface area contributed by atoms with Gasteiger partial charge in [0.25, 0.3) is 5.69 Å². The molecule has 0 radical (unpaired) electrons. The number of hydrogen-bond acceptors (Lipinski definition) is 8. The number of nitro groups is 1. The maximum absolute atomic E-state index is 12.5. The van der Waals surface area contributed by atoms with E-state index >= 15 is 0 Å². The molecule has 1 heterocycles. The molecule has 142 valence electrons. The molecule has 0 bridgehead atoms. The minimum atomic E-state index is -0.551. The van der Waals surface area contributed by atoms with Crippen molar-refractivity contribution < 1.29 is 19.2 Å². The van der Waals surface area contributed by atoms with Crippen LogP contribution in [-0.4, -0.2) is 45.1 Å². The van der Waals surface area contributed by atoms with Gasteiger partial charge in [-0.15, -0.1) is 5.10 Å². The predicted molar refractivity (Wildman–Crippen MR) is 98.7 cm³/mol. The van der Waals surface area contributed by atoms with Crippen molar-refractivity contribution in [2.24, 2.45) is 0 Å². The number of aromatic nitrogens is 4. The minimum absolute atomic E-state index is 0.204. The number of ether oxygens (including phenoxy) is 2. The van der Waals surface area contributed by atoms with Gasteiger partial charge >= 0.3 is 0 Å². The number of carbonyl (C=O) groups excluding carboxylic acids is 1. The van der Waals surface area contributed by atoms with Crippen molar-refractivity contribution in [3.63, 3.8) is 0 Å². The molecule has 2 aromatic carbocycles. The second-order valence-corrected chi connectivity index (χ2v) is 5.53. The Morgan fingerprint density at radius 2 is 1.93 bits per heavy atom. The van der Waals surface area contributed by atoms with Crippen LogP contribution >= 0.6 is 0 Å². The van der Waals surface area contributed by atoms with Crippen molar-refractivity contribution in [1.29, 1.82) is 0 Å². The molecule has 0 spiro atoms. The average Bonchev–Trinajstić information content (AvgIpc) is 3.26. The first-order valence-corrected chi connectivity index (χ1v) is 7.99. The first kappa shape index (κ1) is 18.7. The van der Waals surface area contributed by atoms with Crippen LogP contribution in [0.1, 0.15) is 15.9 Å². The lowest BCUT2D eigenvalue weighted by atomic mass is 10.1. The van der Waals surface area contributed by atoms with Crippen LogP contribution in [0, 0.1) is 10.1 Å². The van der Waals surface area contributed by atoms with E-state index in [9.17, 15) is 14.9 Å². The summed E-state index contributed by atoms with van der Waals surface area (Å²) < 4.78 is 11.7. The van der Waals surface area contributed by atoms with Crippen LogP contribution in [0.4, 0.5) is 5.69 Å². The van der Waals surface area contributed by atoms with Crippen molar-refractivity contribution in [1.82, 2.24) is 20.2 Å². The molecule has 3 aromatic rings. The molecule has 10 nitrogen and oxygen atoms in total. The second-order valence-electron chi connectivity index (χ2n) is 5.53. The molecule has 0 fully saturated rings. The van der Waals surface area contributed by atoms with Crippen LogP contribution in [0.3, 0.4) is 0 Å². The van der Waals surface area contributed by atoms with E-state index in [1.54, 1.807) is 24.3 Å². The third-order valence-corrected chi connectivity index (χ3v) is 3.89. The van der Waals surface area contributed by atoms with E-state index in [1.807, 2.05) is 0 Å². The van der Waals surface area contributed by atoms with Crippen LogP contribution < -0.4 is 9.47 Å². The SMILES string of the molecule is COc1cc(/C=C/C(=O)c2cccc(-n3cnnn3)c2)c([N+](=O)[O-])cc1OC. The molecule has 0 aliphatic heterocycles. The Labute approximate surface area is 159 Å². The first-order valence-electron chi connectivity index (χ1n) is 7.99. The maximum Gasteiger partial charge on any atom is 0.280 e. The largest absolute Gasteiger partial charge is 0.493 e. The van der Waals surface area contributed by atoms with Gasteiger partial charge in [-0.1, -0.05) is 12.1 Å². The lowest BCUT2D eigenvalue weighted by Crippen LogP contribution is -2.00. The average molecular weight is 381 g/mol. The third-order valence-electron chi connectivity index (χ3n) is 3.89. The number of carbonyl (C=O) groups is 1. The van der Waals surface area contributed by atoms with E-state index in [-0.39, 0.29) is 22.8 Å². The van der Waals surface area contributed by atoms with Gasteiger partial charge in [0, 0.05) is 5.56 Å². The van der Waals surface area contributed by atoms with Gasteiger partial charge in [-0.25, -0.2) is 4.68 Å². The Hall–Kier alpha value is -4.08. The molecule has 0 aliphatic carbocycles. The van der Waals surface area contributed by atoms with Crippen LogP contribution in [0.5, 0.6) is 11.5 Å². The summed E-state index contributed by atoms with van der Waals surface area (Å²) in [5, 5.41) is 22.2. The Bertz CT molecular complexity index is 1050. The first-order chi connectivity index (χ1) is 13.5. The molecule has 0 saturated carbocycles. The lowest BCUT2D eigenvalue weighted by molar-refractivity contribution is -0.385. The summed E-state index contributed by atoms with van der Waals surface area (Å²) >= 11 is 0. The maximum atomic E-state index is 12.5. The van der Waals surface area contributed by atoms with Gasteiger partial charge in [-0.05, 0) is 40.8 Å². The van der Waals surface area contributed by atoms with Crippen molar-refractivity contribution in [3.8, 4) is 17.2 Å². The molecular formula is C18H15N5O5. The van der Waals surface area contributed by atoms with Gasteiger partial charge in [0.1, 0.15) is 6.33 Å². The summed E-state index contributed by atoms with van der Waals surface area (Å²) in [6.07, 6.45) is 4.03. The molecular weight excluding hydrogens is 366 g/mol. The van der Waals surface area contributed by atoms with Gasteiger partial charge in [-0.3, -0.25) is 14.9 Å². The molecule has 0 amide bonds. The number of allylic oxidation sites excluding steroid dienone is 1. The van der Waals surface area contributed by atoms with Gasteiger partial charge in [0.05, 0.1) is 36.5 Å². The van der Waals surface area contributed by atoms with E-state index in [4.69, 9.17) is 9.47 Å². The van der Waals surface area contributed by atoms with Crippen molar-refractivity contribution >= 4 is 17.5 Å². The Morgan fingerprint density at radius 3 is 2.57 bits per heavy atom. The van der Waals surface area contributed by atoms with Gasteiger partial charge in [0.15, 0.2) is 17.3 Å². The number of rotatable bonds is 7. The van der Waals surface area contributed by atoms with Crippen molar-refractivity contribution in [2.75, 3.05) is 14.2 Å². The molecule has 3 rings (SSSR count). The highest BCUT2D eigenvalue weighted by Crippen LogP contribution is 2.35. The molecule has 0 saturated heterocycles. The molecule has 10 heteroatoms. The molecule has 0 unspecified atom stereocenters. The zero-order chi connectivity index (χ0) is 20.1. The molecule has 0 aliphatic rings. The summed E-state index contributed by atoms with van der Waals surface area (Å²) in [5.74, 6) is 0.215. The Balaban J connectivity index is 1.92. The van der Waals surface area contributed by atoms with Crippen molar-refractivity contribution in [2.45, 2.75) is 0 Å². The van der Waals surface area contributed by atoms with E-state index in [0.717, 1.165) is 0 Å². The highest BCUT2D eigenvalue weighted by Gasteiger charge is 2.18. The Kier molecular flexibility index (Phi) is 5.40. The minimum Gasteiger partial charge on any atom is -0.493 e. The van der Waals surface area contributed by atoms with Gasteiger partial charge < -0.3 is 9.47 Å². The normalized spacial score (nSPS) is 10.8.